The molecule has 0 aliphatic carbocycles. The van der Waals surface area contributed by atoms with Gasteiger partial charge in [0.2, 0.25) is 0 Å². The number of rotatable bonds is 13. The van der Waals surface area contributed by atoms with Crippen LogP contribution in [0.15, 0.2) is 83.8 Å². The summed E-state index contributed by atoms with van der Waals surface area (Å²) in [6.45, 7) is 0.235. The predicted octanol–water partition coefficient (Wildman–Crippen LogP) is 6.19. The van der Waals surface area contributed by atoms with Crippen molar-refractivity contribution in [3.05, 3.63) is 95.0 Å². The molecular formula is C27H28ClNO5S. The molecule has 0 saturated carbocycles. The molecule has 0 amide bonds. The quantitative estimate of drug-likeness (QED) is 0.217. The zero-order chi connectivity index (χ0) is 25.3. The fourth-order valence-electron chi connectivity index (χ4n) is 3.76. The Hall–Kier alpha value is -3.16. The Labute approximate surface area is 211 Å². The molecule has 8 heteroatoms. The fourth-order valence-corrected chi connectivity index (χ4v) is 5.53. The van der Waals surface area contributed by atoms with Crippen LogP contribution < -0.4 is 4.31 Å². The van der Waals surface area contributed by atoms with E-state index in [0.717, 1.165) is 19.3 Å². The van der Waals surface area contributed by atoms with E-state index < -0.39 is 16.0 Å². The molecule has 0 bridgehead atoms. The molecule has 0 spiro atoms. The summed E-state index contributed by atoms with van der Waals surface area (Å²) in [7, 11) is -3.85. The number of anilines is 1. The molecule has 35 heavy (non-hydrogen) atoms. The van der Waals surface area contributed by atoms with Crippen LogP contribution in [0.1, 0.15) is 54.4 Å². The second-order valence-electron chi connectivity index (χ2n) is 8.16. The van der Waals surface area contributed by atoms with Crippen LogP contribution in [0.4, 0.5) is 5.69 Å². The molecule has 0 fully saturated rings. The van der Waals surface area contributed by atoms with E-state index in [4.69, 9.17) is 16.7 Å². The van der Waals surface area contributed by atoms with Crippen LogP contribution in [0.3, 0.4) is 0 Å². The summed E-state index contributed by atoms with van der Waals surface area (Å²) < 4.78 is 28.3. The minimum atomic E-state index is -3.85. The van der Waals surface area contributed by atoms with E-state index in [9.17, 15) is 18.0 Å². The highest BCUT2D eigenvalue weighted by molar-refractivity contribution is 7.92. The lowest BCUT2D eigenvalue weighted by Gasteiger charge is -2.25. The molecule has 6 nitrogen and oxygen atoms in total. The van der Waals surface area contributed by atoms with E-state index in [0.29, 0.717) is 29.7 Å². The summed E-state index contributed by atoms with van der Waals surface area (Å²) >= 11 is 6.47. The summed E-state index contributed by atoms with van der Waals surface area (Å²) in [6.07, 6.45) is 3.70. The lowest BCUT2D eigenvalue weighted by molar-refractivity contribution is -0.137. The first-order valence-corrected chi connectivity index (χ1v) is 13.3. The first kappa shape index (κ1) is 26.4. The van der Waals surface area contributed by atoms with Gasteiger partial charge in [0.05, 0.1) is 15.6 Å². The Morgan fingerprint density at radius 3 is 2.03 bits per heavy atom. The lowest BCUT2D eigenvalue weighted by atomic mass is 10.0. The van der Waals surface area contributed by atoms with Crippen LogP contribution in [-0.4, -0.2) is 31.8 Å². The summed E-state index contributed by atoms with van der Waals surface area (Å²) in [6, 6.07) is 21.6. The number of carbonyl (C=O) groups is 2. The van der Waals surface area contributed by atoms with Gasteiger partial charge in [-0.2, -0.15) is 0 Å². The Kier molecular flexibility index (Phi) is 9.46. The molecule has 3 rings (SSSR count). The predicted molar refractivity (Wildman–Crippen MR) is 138 cm³/mol. The third kappa shape index (κ3) is 7.16. The van der Waals surface area contributed by atoms with Crippen molar-refractivity contribution in [2.24, 2.45) is 0 Å². The molecule has 3 aromatic carbocycles. The van der Waals surface area contributed by atoms with E-state index in [1.54, 1.807) is 66.7 Å². The number of carbonyl (C=O) groups excluding carboxylic acids is 1. The van der Waals surface area contributed by atoms with E-state index in [1.165, 1.54) is 10.4 Å². The Morgan fingerprint density at radius 1 is 0.800 bits per heavy atom. The van der Waals surface area contributed by atoms with Crippen molar-refractivity contribution in [3.8, 4) is 0 Å². The molecule has 0 saturated heterocycles. The normalized spacial score (nSPS) is 11.2. The number of aliphatic carboxylic acids is 1. The standard InChI is InChI=1S/C27H28ClNO5S/c28-25-20-22(17-18-24(25)27(32)21-12-6-4-7-13-21)29(19-11-3-1-2-10-16-26(30)31)35(33,34)23-14-8-5-9-15-23/h4-9,12-15,17-18,20H,1-3,10-11,16,19H2,(H,30,31). The SMILES string of the molecule is O=C(O)CCCCCCCN(c1ccc(C(=O)c2ccccc2)c(Cl)c1)S(=O)(=O)c1ccccc1. The Balaban J connectivity index is 1.81. The first-order chi connectivity index (χ1) is 16.8. The molecule has 0 radical (unpaired) electrons. The zero-order valence-corrected chi connectivity index (χ0v) is 20.8. The van der Waals surface area contributed by atoms with Crippen molar-refractivity contribution < 1.29 is 23.1 Å². The lowest BCUT2D eigenvalue weighted by Crippen LogP contribution is -2.32. The van der Waals surface area contributed by atoms with Gasteiger partial charge in [0, 0.05) is 24.1 Å². The van der Waals surface area contributed by atoms with Crippen LogP contribution in [0, 0.1) is 0 Å². The molecule has 0 atom stereocenters. The smallest absolute Gasteiger partial charge is 0.303 e. The van der Waals surface area contributed by atoms with E-state index in [1.807, 2.05) is 6.07 Å². The molecule has 1 N–H and O–H groups in total. The van der Waals surface area contributed by atoms with Crippen molar-refractivity contribution in [2.75, 3.05) is 10.8 Å². The highest BCUT2D eigenvalue weighted by Gasteiger charge is 2.25. The van der Waals surface area contributed by atoms with Gasteiger partial charge in [-0.1, -0.05) is 79.4 Å². The van der Waals surface area contributed by atoms with Crippen LogP contribution in [-0.2, 0) is 14.8 Å². The zero-order valence-electron chi connectivity index (χ0n) is 19.3. The number of ketones is 1. The van der Waals surface area contributed by atoms with Gasteiger partial charge in [-0.25, -0.2) is 8.42 Å². The number of carboxylic acid groups (broad SMARTS) is 1. The Morgan fingerprint density at radius 2 is 1.40 bits per heavy atom. The van der Waals surface area contributed by atoms with Gasteiger partial charge in [-0.05, 0) is 43.2 Å². The van der Waals surface area contributed by atoms with E-state index in [2.05, 4.69) is 0 Å². The van der Waals surface area contributed by atoms with Crippen molar-refractivity contribution >= 4 is 39.1 Å². The second-order valence-corrected chi connectivity index (χ2v) is 10.4. The second kappa shape index (κ2) is 12.5. The number of carboxylic acids is 1. The minimum absolute atomic E-state index is 0.140. The average Bonchev–Trinajstić information content (AvgIpc) is 2.86. The largest absolute Gasteiger partial charge is 0.481 e. The monoisotopic (exact) mass is 513 g/mol. The summed E-state index contributed by atoms with van der Waals surface area (Å²) in [5.41, 5.74) is 1.19. The number of hydrogen-bond donors (Lipinski definition) is 1. The topological polar surface area (TPSA) is 91.8 Å². The maximum Gasteiger partial charge on any atom is 0.303 e. The van der Waals surface area contributed by atoms with Crippen molar-refractivity contribution in [1.29, 1.82) is 0 Å². The Bertz CT molecular complexity index is 1250. The highest BCUT2D eigenvalue weighted by Crippen LogP contribution is 2.30. The fraction of sp³-hybridized carbons (Fsp3) is 0.259. The number of halogens is 1. The van der Waals surface area contributed by atoms with E-state index in [-0.39, 0.29) is 28.7 Å². The summed E-state index contributed by atoms with van der Waals surface area (Å²) in [4.78, 5) is 23.7. The molecule has 0 aromatic heterocycles. The van der Waals surface area contributed by atoms with Crippen molar-refractivity contribution in [2.45, 2.75) is 43.4 Å². The molecule has 0 unspecified atom stereocenters. The van der Waals surface area contributed by atoms with Crippen LogP contribution in [0.5, 0.6) is 0 Å². The van der Waals surface area contributed by atoms with Gasteiger partial charge in [0.1, 0.15) is 0 Å². The third-order valence-electron chi connectivity index (χ3n) is 5.60. The van der Waals surface area contributed by atoms with Gasteiger partial charge in [-0.15, -0.1) is 0 Å². The maximum atomic E-state index is 13.5. The molecule has 3 aromatic rings. The number of benzene rings is 3. The van der Waals surface area contributed by atoms with Crippen molar-refractivity contribution in [3.63, 3.8) is 0 Å². The summed E-state index contributed by atoms with van der Waals surface area (Å²) in [5.74, 6) is -1.04. The number of unbranched alkanes of at least 4 members (excludes halogenated alkanes) is 4. The molecule has 0 heterocycles. The molecule has 0 aliphatic rings. The molecule has 0 aliphatic heterocycles. The third-order valence-corrected chi connectivity index (χ3v) is 7.76. The highest BCUT2D eigenvalue weighted by atomic mass is 35.5. The van der Waals surface area contributed by atoms with Crippen LogP contribution >= 0.6 is 11.6 Å². The van der Waals surface area contributed by atoms with Crippen LogP contribution in [0.25, 0.3) is 0 Å². The average molecular weight is 514 g/mol. The van der Waals surface area contributed by atoms with Gasteiger partial charge in [0.15, 0.2) is 5.78 Å². The number of hydrogen-bond acceptors (Lipinski definition) is 4. The number of nitrogens with zero attached hydrogens (tertiary/aromatic N) is 1. The first-order valence-electron chi connectivity index (χ1n) is 11.5. The van der Waals surface area contributed by atoms with Gasteiger partial charge in [0.25, 0.3) is 10.0 Å². The van der Waals surface area contributed by atoms with Crippen LogP contribution in [0.2, 0.25) is 5.02 Å². The molecular weight excluding hydrogens is 486 g/mol. The van der Waals surface area contributed by atoms with E-state index >= 15 is 0 Å². The van der Waals surface area contributed by atoms with Crippen molar-refractivity contribution in [1.82, 2.24) is 0 Å². The van der Waals surface area contributed by atoms with Gasteiger partial charge >= 0.3 is 5.97 Å². The minimum Gasteiger partial charge on any atom is -0.481 e. The van der Waals surface area contributed by atoms with Gasteiger partial charge < -0.3 is 5.11 Å². The number of sulfonamides is 1. The maximum absolute atomic E-state index is 13.5. The van der Waals surface area contributed by atoms with Gasteiger partial charge in [-0.3, -0.25) is 13.9 Å². The molecule has 184 valence electrons. The summed E-state index contributed by atoms with van der Waals surface area (Å²) in [5, 5.41) is 8.93.